The summed E-state index contributed by atoms with van der Waals surface area (Å²) in [6.07, 6.45) is 0. The van der Waals surface area contributed by atoms with Crippen molar-refractivity contribution >= 4 is 48.9 Å². The number of anilines is 1. The molecule has 112 valence electrons. The maximum absolute atomic E-state index is 13.5. The van der Waals surface area contributed by atoms with Gasteiger partial charge in [0.15, 0.2) is 0 Å². The molecule has 1 heterocycles. The van der Waals surface area contributed by atoms with Gasteiger partial charge in [0, 0.05) is 5.38 Å². The molecule has 21 heavy (non-hydrogen) atoms. The van der Waals surface area contributed by atoms with Crippen molar-refractivity contribution in [3.8, 4) is 0 Å². The summed E-state index contributed by atoms with van der Waals surface area (Å²) in [4.78, 5) is 10.8. The predicted octanol–water partition coefficient (Wildman–Crippen LogP) is 3.46. The van der Waals surface area contributed by atoms with Crippen molar-refractivity contribution in [1.82, 2.24) is 0 Å². The first-order chi connectivity index (χ1) is 9.70. The summed E-state index contributed by atoms with van der Waals surface area (Å²) in [7, 11) is -3.95. The number of rotatable bonds is 4. The quantitative estimate of drug-likeness (QED) is 0.832. The summed E-state index contributed by atoms with van der Waals surface area (Å²) >= 11 is 3.79. The van der Waals surface area contributed by atoms with Gasteiger partial charge in [0.1, 0.15) is 10.0 Å². The fourth-order valence-corrected chi connectivity index (χ4v) is 4.25. The monoisotopic (exact) mass is 393 g/mol. The molecule has 5 nitrogen and oxygen atoms in total. The second-order valence-corrected chi connectivity index (χ2v) is 7.82. The third kappa shape index (κ3) is 3.42. The number of hydrogen-bond donors (Lipinski definition) is 2. The molecule has 0 radical (unpaired) electrons. The lowest BCUT2D eigenvalue weighted by Crippen LogP contribution is -2.12. The molecule has 0 unspecified atom stereocenters. The number of carboxylic acid groups (broad SMARTS) is 1. The van der Waals surface area contributed by atoms with Gasteiger partial charge >= 0.3 is 5.97 Å². The average molecular weight is 394 g/mol. The first-order valence-electron chi connectivity index (χ1n) is 5.51. The minimum absolute atomic E-state index is 0.0981. The largest absolute Gasteiger partial charge is 0.478 e. The third-order valence-electron chi connectivity index (χ3n) is 2.60. The minimum atomic E-state index is -3.95. The van der Waals surface area contributed by atoms with Gasteiger partial charge < -0.3 is 5.11 Å². The Morgan fingerprint density at radius 3 is 2.62 bits per heavy atom. The van der Waals surface area contributed by atoms with Crippen LogP contribution >= 0.6 is 27.3 Å². The van der Waals surface area contributed by atoms with E-state index < -0.39 is 21.8 Å². The van der Waals surface area contributed by atoms with Crippen LogP contribution in [0, 0.1) is 12.7 Å². The number of benzene rings is 1. The molecule has 9 heteroatoms. The van der Waals surface area contributed by atoms with Crippen molar-refractivity contribution < 1.29 is 22.7 Å². The van der Waals surface area contributed by atoms with Gasteiger partial charge in [0.05, 0.1) is 15.7 Å². The minimum Gasteiger partial charge on any atom is -0.478 e. The van der Waals surface area contributed by atoms with Crippen molar-refractivity contribution in [1.29, 1.82) is 0 Å². The Morgan fingerprint density at radius 1 is 1.38 bits per heavy atom. The van der Waals surface area contributed by atoms with E-state index >= 15 is 0 Å². The van der Waals surface area contributed by atoms with Gasteiger partial charge in [-0.25, -0.2) is 17.6 Å². The number of nitrogens with one attached hydrogen (secondary N) is 1. The molecular weight excluding hydrogens is 385 g/mol. The Balaban J connectivity index is 2.37. The van der Waals surface area contributed by atoms with Crippen LogP contribution in [-0.4, -0.2) is 19.5 Å². The second kappa shape index (κ2) is 5.74. The molecule has 0 bridgehead atoms. The van der Waals surface area contributed by atoms with Gasteiger partial charge in [-0.3, -0.25) is 4.72 Å². The Bertz CT molecular complexity index is 817. The number of carbonyl (C=O) groups is 1. The molecule has 0 saturated carbocycles. The fourth-order valence-electron chi connectivity index (χ4n) is 1.52. The summed E-state index contributed by atoms with van der Waals surface area (Å²) < 4.78 is 40.1. The van der Waals surface area contributed by atoms with Crippen molar-refractivity contribution in [3.05, 3.63) is 45.0 Å². The van der Waals surface area contributed by atoms with Crippen LogP contribution in [0.1, 0.15) is 15.9 Å². The zero-order valence-corrected chi connectivity index (χ0v) is 13.8. The first kappa shape index (κ1) is 15.9. The number of halogens is 2. The molecule has 0 aliphatic carbocycles. The van der Waals surface area contributed by atoms with Crippen LogP contribution in [0.3, 0.4) is 0 Å². The Labute approximate surface area is 132 Å². The molecule has 0 atom stereocenters. The average Bonchev–Trinajstić information content (AvgIpc) is 2.86. The van der Waals surface area contributed by atoms with Crippen LogP contribution < -0.4 is 4.72 Å². The number of aromatic carboxylic acids is 1. The van der Waals surface area contributed by atoms with E-state index in [4.69, 9.17) is 5.11 Å². The zero-order valence-electron chi connectivity index (χ0n) is 10.6. The highest BCUT2D eigenvalue weighted by atomic mass is 79.9. The lowest BCUT2D eigenvalue weighted by atomic mass is 10.2. The summed E-state index contributed by atoms with van der Waals surface area (Å²) in [5, 5.41) is 10.0. The van der Waals surface area contributed by atoms with Crippen molar-refractivity contribution in [2.75, 3.05) is 4.72 Å². The second-order valence-electron chi connectivity index (χ2n) is 4.15. The maximum atomic E-state index is 13.5. The lowest BCUT2D eigenvalue weighted by molar-refractivity contribution is 0.0697. The molecule has 1 aromatic heterocycles. The molecule has 0 spiro atoms. The van der Waals surface area contributed by atoms with Gasteiger partial charge in [0.2, 0.25) is 0 Å². The molecule has 2 N–H and O–H groups in total. The Kier molecular flexibility index (Phi) is 4.35. The maximum Gasteiger partial charge on any atom is 0.336 e. The molecular formula is C12H9BrFNO4S2. The van der Waals surface area contributed by atoms with Gasteiger partial charge in [-0.1, -0.05) is 0 Å². The van der Waals surface area contributed by atoms with E-state index in [1.807, 2.05) is 0 Å². The zero-order chi connectivity index (χ0) is 15.8. The first-order valence-corrected chi connectivity index (χ1v) is 8.66. The van der Waals surface area contributed by atoms with Crippen LogP contribution in [0.4, 0.5) is 10.1 Å². The van der Waals surface area contributed by atoms with E-state index in [-0.39, 0.29) is 19.9 Å². The van der Waals surface area contributed by atoms with Crippen molar-refractivity contribution in [2.24, 2.45) is 0 Å². The molecule has 2 rings (SSSR count). The van der Waals surface area contributed by atoms with Crippen LogP contribution in [-0.2, 0) is 10.0 Å². The highest BCUT2D eigenvalue weighted by molar-refractivity contribution is 9.10. The third-order valence-corrected chi connectivity index (χ3v) is 6.01. The van der Waals surface area contributed by atoms with E-state index in [1.54, 1.807) is 6.92 Å². The Morgan fingerprint density at radius 2 is 2.05 bits per heavy atom. The molecule has 2 aromatic rings. The Hall–Kier alpha value is -1.45. The van der Waals surface area contributed by atoms with E-state index in [0.717, 1.165) is 23.5 Å². The number of carboxylic acids is 1. The SMILES string of the molecule is Cc1cc(Br)c(F)cc1NS(=O)(=O)c1cc(C(=O)O)cs1. The molecule has 0 amide bonds. The summed E-state index contributed by atoms with van der Waals surface area (Å²) in [5.74, 6) is -1.81. The standard InChI is InChI=1S/C12H9BrFNO4S2/c1-6-2-8(13)9(14)4-10(6)15-21(18,19)11-3-7(5-20-11)12(16)17/h2-5,15H,1H3,(H,16,17). The van der Waals surface area contributed by atoms with Crippen LogP contribution in [0.25, 0.3) is 0 Å². The van der Waals surface area contributed by atoms with Crippen LogP contribution in [0.15, 0.2) is 32.3 Å². The fraction of sp³-hybridized carbons (Fsp3) is 0.0833. The van der Waals surface area contributed by atoms with Crippen LogP contribution in [0.2, 0.25) is 0 Å². The molecule has 1 aromatic carbocycles. The number of thiophene rings is 1. The molecule has 0 fully saturated rings. The van der Waals surface area contributed by atoms with Crippen LogP contribution in [0.5, 0.6) is 0 Å². The van der Waals surface area contributed by atoms with E-state index in [1.165, 1.54) is 11.4 Å². The van der Waals surface area contributed by atoms with E-state index in [0.29, 0.717) is 5.56 Å². The van der Waals surface area contributed by atoms with Crippen molar-refractivity contribution in [3.63, 3.8) is 0 Å². The summed E-state index contributed by atoms with van der Waals surface area (Å²) in [6.45, 7) is 1.62. The smallest absolute Gasteiger partial charge is 0.336 e. The van der Waals surface area contributed by atoms with Gasteiger partial charge in [-0.05, 0) is 46.6 Å². The molecule has 0 aliphatic rings. The number of hydrogen-bond acceptors (Lipinski definition) is 4. The molecule has 0 aliphatic heterocycles. The lowest BCUT2D eigenvalue weighted by Gasteiger charge is -2.10. The number of aryl methyl sites for hydroxylation is 1. The van der Waals surface area contributed by atoms with E-state index in [9.17, 15) is 17.6 Å². The number of sulfonamides is 1. The summed E-state index contributed by atoms with van der Waals surface area (Å²) in [5.41, 5.74) is 0.516. The highest BCUT2D eigenvalue weighted by Crippen LogP contribution is 2.28. The van der Waals surface area contributed by atoms with Crippen molar-refractivity contribution in [2.45, 2.75) is 11.1 Å². The van der Waals surface area contributed by atoms with Gasteiger partial charge in [-0.2, -0.15) is 0 Å². The predicted molar refractivity (Wildman–Crippen MR) is 80.9 cm³/mol. The summed E-state index contributed by atoms with van der Waals surface area (Å²) in [6, 6.07) is 3.56. The highest BCUT2D eigenvalue weighted by Gasteiger charge is 2.20. The van der Waals surface area contributed by atoms with E-state index in [2.05, 4.69) is 20.7 Å². The van der Waals surface area contributed by atoms with Gasteiger partial charge in [-0.15, -0.1) is 11.3 Å². The normalized spacial score (nSPS) is 11.4. The molecule has 0 saturated heterocycles. The van der Waals surface area contributed by atoms with Gasteiger partial charge in [0.25, 0.3) is 10.0 Å². The topological polar surface area (TPSA) is 83.5 Å².